The van der Waals surface area contributed by atoms with E-state index in [-0.39, 0.29) is 28.4 Å². The van der Waals surface area contributed by atoms with Gasteiger partial charge in [0.25, 0.3) is 0 Å². The summed E-state index contributed by atoms with van der Waals surface area (Å²) in [6, 6.07) is 49.0. The Morgan fingerprint density at radius 1 is 0.412 bits per heavy atom. The highest BCUT2D eigenvalue weighted by Crippen LogP contribution is 2.49. The molecule has 5 heterocycles. The third-order valence-electron chi connectivity index (χ3n) is 16.6. The molecule has 2 aliphatic heterocycles. The Morgan fingerprint density at radius 2 is 0.824 bits per heavy atom. The zero-order chi connectivity index (χ0) is 46.5. The molecule has 4 aliphatic rings. The minimum atomic E-state index is -0.270. The van der Waals surface area contributed by atoms with Gasteiger partial charge in [0.05, 0.1) is 22.2 Å². The first-order chi connectivity index (χ1) is 32.6. The lowest BCUT2D eigenvalue weighted by molar-refractivity contribution is 0.332. The van der Waals surface area contributed by atoms with Gasteiger partial charge in [-0.15, -0.1) is 0 Å². The number of ether oxygens (including phenoxy) is 2. The number of rotatable bonds is 4. The molecule has 13 rings (SSSR count). The second kappa shape index (κ2) is 14.3. The monoisotopic (exact) mass is 885 g/mol. The van der Waals surface area contributed by atoms with Crippen molar-refractivity contribution in [1.29, 1.82) is 0 Å². The summed E-state index contributed by atoms with van der Waals surface area (Å²) in [5.74, 6) is 3.04. The fourth-order valence-electron chi connectivity index (χ4n) is 12.2. The number of aromatic nitrogens is 3. The second-order valence-corrected chi connectivity index (χ2v) is 22.7. The molecule has 0 atom stereocenters. The summed E-state index contributed by atoms with van der Waals surface area (Å²) >= 11 is 0. The van der Waals surface area contributed by atoms with E-state index in [0.29, 0.717) is 0 Å². The van der Waals surface area contributed by atoms with Gasteiger partial charge in [-0.1, -0.05) is 140 Å². The average molecular weight is 886 g/mol. The molecule has 0 amide bonds. The summed E-state index contributed by atoms with van der Waals surface area (Å²) in [5, 5.41) is 2.50. The van der Waals surface area contributed by atoms with Gasteiger partial charge in [0.15, 0.2) is 0 Å². The first-order valence-corrected chi connectivity index (χ1v) is 24.6. The van der Waals surface area contributed by atoms with Gasteiger partial charge in [0.1, 0.15) is 23.0 Å². The highest BCUT2D eigenvalue weighted by molar-refractivity contribution is 6.97. The van der Waals surface area contributed by atoms with Crippen molar-refractivity contribution >= 4 is 45.2 Å². The fourth-order valence-corrected chi connectivity index (χ4v) is 12.2. The van der Waals surface area contributed by atoms with Gasteiger partial charge in [0, 0.05) is 45.4 Å². The zero-order valence-electron chi connectivity index (χ0n) is 40.4. The number of hydrogen-bond acceptors (Lipinski definition) is 4. The normalized spacial score (nSPS) is 17.6. The maximum Gasteiger partial charge on any atom is 0.307 e. The molecule has 0 N–H and O–H groups in total. The van der Waals surface area contributed by atoms with Crippen LogP contribution in [0.5, 0.6) is 23.0 Å². The molecule has 2 aliphatic carbocycles. The van der Waals surface area contributed by atoms with Crippen LogP contribution in [0.4, 0.5) is 0 Å². The predicted octanol–water partition coefficient (Wildman–Crippen LogP) is 14.0. The highest BCUT2D eigenvalue weighted by Gasteiger charge is 2.44. The Bertz CT molecular complexity index is 3390. The minimum Gasteiger partial charge on any atom is -0.457 e. The molecule has 0 saturated carbocycles. The molecule has 9 aromatic rings. The van der Waals surface area contributed by atoms with Gasteiger partial charge in [-0.3, -0.25) is 9.97 Å². The molecular formula is C62H56BN3O2. The molecule has 0 fully saturated rings. The van der Waals surface area contributed by atoms with E-state index in [2.05, 4.69) is 193 Å². The van der Waals surface area contributed by atoms with Gasteiger partial charge < -0.3 is 14.0 Å². The molecule has 5 nitrogen and oxygen atoms in total. The van der Waals surface area contributed by atoms with Gasteiger partial charge in [-0.2, -0.15) is 0 Å². The Morgan fingerprint density at radius 3 is 1.29 bits per heavy atom. The molecule has 0 spiro atoms. The Labute approximate surface area is 400 Å². The number of pyridine rings is 2. The highest BCUT2D eigenvalue weighted by atomic mass is 16.5. The molecule has 0 bridgehead atoms. The third-order valence-corrected chi connectivity index (χ3v) is 16.6. The van der Waals surface area contributed by atoms with E-state index in [1.54, 1.807) is 0 Å². The smallest absolute Gasteiger partial charge is 0.307 e. The summed E-state index contributed by atoms with van der Waals surface area (Å²) in [5.41, 5.74) is 18.9. The van der Waals surface area contributed by atoms with Gasteiger partial charge in [-0.05, 0) is 140 Å². The summed E-state index contributed by atoms with van der Waals surface area (Å²) in [6.45, 7) is 18.8. The van der Waals surface area contributed by atoms with Crippen molar-refractivity contribution in [3.05, 3.63) is 168 Å². The van der Waals surface area contributed by atoms with Gasteiger partial charge >= 0.3 is 6.71 Å². The van der Waals surface area contributed by atoms with Crippen molar-refractivity contribution in [3.63, 3.8) is 0 Å². The fraction of sp³-hybridized carbons (Fsp3) is 0.258. The van der Waals surface area contributed by atoms with Crippen LogP contribution in [0.1, 0.15) is 103 Å². The Hall–Kier alpha value is -6.92. The maximum atomic E-state index is 7.04. The summed E-state index contributed by atoms with van der Waals surface area (Å²) in [7, 11) is 0. The molecule has 6 heteroatoms. The number of fused-ring (bicyclic) bond motifs is 9. The van der Waals surface area contributed by atoms with Crippen LogP contribution in [-0.2, 0) is 21.7 Å². The first-order valence-electron chi connectivity index (χ1n) is 24.6. The average Bonchev–Trinajstić information content (AvgIpc) is 3.68. The maximum absolute atomic E-state index is 7.04. The first kappa shape index (κ1) is 41.3. The molecular weight excluding hydrogens is 830 g/mol. The molecule has 6 aromatic carbocycles. The number of benzene rings is 6. The SMILES string of the molecule is CC1(C)CCC(C)(C)c2cc(-c3cnc4c(c3)Oc3cc(-c5ccc(-n6c7ccccc7c7ccccc76)cc5)cc5c3B4c3ncc(-c4ccc6c(c4)C(C)(C)CCC6(C)C)cc3O5)ccc21. The lowest BCUT2D eigenvalue weighted by Crippen LogP contribution is -2.59. The van der Waals surface area contributed by atoms with Crippen molar-refractivity contribution in [3.8, 4) is 62.1 Å². The van der Waals surface area contributed by atoms with Gasteiger partial charge in [-0.25, -0.2) is 0 Å². The van der Waals surface area contributed by atoms with Crippen molar-refractivity contribution in [2.24, 2.45) is 0 Å². The Balaban J connectivity index is 0.939. The van der Waals surface area contributed by atoms with E-state index >= 15 is 0 Å². The van der Waals surface area contributed by atoms with Crippen LogP contribution in [0.15, 0.2) is 146 Å². The number of para-hydroxylation sites is 2. The lowest BCUT2D eigenvalue weighted by atomic mass is 9.38. The zero-order valence-corrected chi connectivity index (χ0v) is 40.4. The predicted molar refractivity (Wildman–Crippen MR) is 281 cm³/mol. The topological polar surface area (TPSA) is 49.2 Å². The molecule has 334 valence electrons. The molecule has 0 radical (unpaired) electrons. The van der Waals surface area contributed by atoms with E-state index < -0.39 is 0 Å². The van der Waals surface area contributed by atoms with Crippen LogP contribution in [-0.4, -0.2) is 21.2 Å². The van der Waals surface area contributed by atoms with Crippen molar-refractivity contribution in [2.75, 3.05) is 0 Å². The number of hydrogen-bond donors (Lipinski definition) is 0. The van der Waals surface area contributed by atoms with Crippen molar-refractivity contribution < 1.29 is 9.47 Å². The Kier molecular flexibility index (Phi) is 8.69. The van der Waals surface area contributed by atoms with E-state index in [1.807, 2.05) is 12.4 Å². The standard InChI is InChI=1S/C62H56BN3O2/c1-59(2)25-27-61(5,6)48-29-38(19-23-46(48)59)41-33-54-57(64-35-41)63-56-52(67-54)31-40(37-17-21-43(22-18-37)66-50-15-11-9-13-44(50)45-14-10-12-16-51(45)66)32-53(56)68-55-34-42(36-65-58(55)63)39-20-24-47-49(30-39)62(7,8)28-26-60(47,3)4/h9-24,29-36H,25-28H2,1-8H3. The van der Waals surface area contributed by atoms with E-state index in [4.69, 9.17) is 19.4 Å². The molecule has 68 heavy (non-hydrogen) atoms. The van der Waals surface area contributed by atoms with Crippen LogP contribution >= 0.6 is 0 Å². The number of nitrogens with zero attached hydrogens (tertiary/aromatic N) is 3. The molecule has 0 unspecified atom stereocenters. The molecule has 3 aromatic heterocycles. The van der Waals surface area contributed by atoms with Crippen LogP contribution in [0.2, 0.25) is 0 Å². The third kappa shape index (κ3) is 6.22. The second-order valence-electron chi connectivity index (χ2n) is 22.7. The van der Waals surface area contributed by atoms with Gasteiger partial charge in [0.2, 0.25) is 0 Å². The van der Waals surface area contributed by atoms with E-state index in [1.165, 1.54) is 56.9 Å². The van der Waals surface area contributed by atoms with Crippen molar-refractivity contribution in [1.82, 2.24) is 14.5 Å². The van der Waals surface area contributed by atoms with Crippen LogP contribution in [0.25, 0.3) is 60.9 Å². The summed E-state index contributed by atoms with van der Waals surface area (Å²) in [6.07, 6.45) is 8.74. The lowest BCUT2D eigenvalue weighted by Gasteiger charge is -2.42. The quantitative estimate of drug-likeness (QED) is 0.165. The van der Waals surface area contributed by atoms with Crippen molar-refractivity contribution in [2.45, 2.75) is 103 Å². The summed E-state index contributed by atoms with van der Waals surface area (Å²) in [4.78, 5) is 10.6. The minimum absolute atomic E-state index is 0.0919. The largest absolute Gasteiger partial charge is 0.457 e. The van der Waals surface area contributed by atoms with E-state index in [0.717, 1.165) is 91.6 Å². The van der Waals surface area contributed by atoms with Crippen LogP contribution < -0.4 is 26.1 Å². The van der Waals surface area contributed by atoms with Crippen LogP contribution in [0, 0.1) is 0 Å². The molecule has 0 saturated heterocycles. The van der Waals surface area contributed by atoms with Crippen LogP contribution in [0.3, 0.4) is 0 Å². The summed E-state index contributed by atoms with van der Waals surface area (Å²) < 4.78 is 16.4. The van der Waals surface area contributed by atoms with E-state index in [9.17, 15) is 0 Å².